The average Bonchev–Trinajstić information content (AvgIpc) is 2.76. The first-order valence-electron chi connectivity index (χ1n) is 9.69. The maximum Gasteiger partial charge on any atom is 0.263 e. The number of nitrogens with one attached hydrogen (secondary N) is 1. The van der Waals surface area contributed by atoms with E-state index in [-0.39, 0.29) is 5.75 Å². The van der Waals surface area contributed by atoms with Crippen molar-refractivity contribution in [3.8, 4) is 17.2 Å². The monoisotopic (exact) mass is 453 g/mol. The van der Waals surface area contributed by atoms with Gasteiger partial charge < -0.3 is 9.84 Å². The van der Waals surface area contributed by atoms with Gasteiger partial charge in [-0.25, -0.2) is 13.8 Å². The SMILES string of the molecule is C[C@@H](C(=O)N/N=C\c1ccccc1O)N(c1ccc(Oc2ccccc2)cc1)S(C)(=O)=O. The normalized spacial score (nSPS) is 12.3. The van der Waals surface area contributed by atoms with Gasteiger partial charge in [-0.05, 0) is 55.5 Å². The fourth-order valence-electron chi connectivity index (χ4n) is 2.95. The number of carbonyl (C=O) groups excluding carboxylic acids is 1. The molecule has 32 heavy (non-hydrogen) atoms. The van der Waals surface area contributed by atoms with E-state index in [4.69, 9.17) is 4.74 Å². The summed E-state index contributed by atoms with van der Waals surface area (Å²) in [5.41, 5.74) is 3.03. The molecule has 3 rings (SSSR count). The summed E-state index contributed by atoms with van der Waals surface area (Å²) in [6, 6.07) is 21.0. The molecule has 0 fully saturated rings. The van der Waals surface area contributed by atoms with Crippen LogP contribution in [0.5, 0.6) is 17.2 Å². The molecule has 1 atom stereocenters. The summed E-state index contributed by atoms with van der Waals surface area (Å²) in [5.74, 6) is 0.550. The molecule has 1 amide bonds. The molecule has 0 aliphatic heterocycles. The molecule has 0 saturated heterocycles. The Balaban J connectivity index is 1.74. The van der Waals surface area contributed by atoms with Gasteiger partial charge in [0.25, 0.3) is 5.91 Å². The number of hydrogen-bond acceptors (Lipinski definition) is 6. The molecule has 166 valence electrons. The third-order valence-corrected chi connectivity index (χ3v) is 5.72. The summed E-state index contributed by atoms with van der Waals surface area (Å²) in [5, 5.41) is 13.6. The average molecular weight is 454 g/mol. The Hall–Kier alpha value is -3.85. The number of aromatic hydroxyl groups is 1. The Morgan fingerprint density at radius 2 is 1.59 bits per heavy atom. The van der Waals surface area contributed by atoms with Crippen molar-refractivity contribution in [2.75, 3.05) is 10.6 Å². The molecule has 0 heterocycles. The van der Waals surface area contributed by atoms with Gasteiger partial charge in [0.1, 0.15) is 23.3 Å². The Morgan fingerprint density at radius 1 is 1.00 bits per heavy atom. The van der Waals surface area contributed by atoms with E-state index in [0.29, 0.717) is 22.7 Å². The standard InChI is InChI=1S/C23H23N3O5S/c1-17(23(28)25-24-16-18-8-6-7-11-22(18)27)26(32(2,29)30)19-12-14-21(15-13-19)31-20-9-4-3-5-10-20/h3-17,27H,1-2H3,(H,25,28)/b24-16-/t17-/m0/s1. The zero-order valence-corrected chi connectivity index (χ0v) is 18.4. The number of benzene rings is 3. The molecule has 0 spiro atoms. The molecule has 0 bridgehead atoms. The lowest BCUT2D eigenvalue weighted by molar-refractivity contribution is -0.121. The quantitative estimate of drug-likeness (QED) is 0.401. The number of phenolic OH excluding ortho intramolecular Hbond substituents is 1. The molecule has 0 aliphatic rings. The van der Waals surface area contributed by atoms with E-state index in [0.717, 1.165) is 10.6 Å². The number of rotatable bonds is 8. The van der Waals surface area contributed by atoms with Crippen LogP contribution < -0.4 is 14.5 Å². The molecular formula is C23H23N3O5S. The first kappa shape index (κ1) is 22.8. The zero-order chi connectivity index (χ0) is 23.1. The van der Waals surface area contributed by atoms with Crippen molar-refractivity contribution >= 4 is 27.8 Å². The molecule has 0 unspecified atom stereocenters. The van der Waals surface area contributed by atoms with Gasteiger partial charge in [-0.3, -0.25) is 9.10 Å². The Bertz CT molecular complexity index is 1200. The van der Waals surface area contributed by atoms with Crippen molar-refractivity contribution in [2.45, 2.75) is 13.0 Å². The lowest BCUT2D eigenvalue weighted by Gasteiger charge is -2.27. The molecule has 0 radical (unpaired) electrons. The highest BCUT2D eigenvalue weighted by Crippen LogP contribution is 2.27. The minimum absolute atomic E-state index is 0.00845. The molecular weight excluding hydrogens is 430 g/mol. The van der Waals surface area contributed by atoms with Crippen molar-refractivity contribution in [1.29, 1.82) is 0 Å². The fourth-order valence-corrected chi connectivity index (χ4v) is 4.12. The van der Waals surface area contributed by atoms with Crippen molar-refractivity contribution in [1.82, 2.24) is 5.43 Å². The first-order valence-corrected chi connectivity index (χ1v) is 11.5. The van der Waals surface area contributed by atoms with Crippen LogP contribution in [0, 0.1) is 0 Å². The van der Waals surface area contributed by atoms with E-state index in [9.17, 15) is 18.3 Å². The fraction of sp³-hybridized carbons (Fsp3) is 0.130. The minimum Gasteiger partial charge on any atom is -0.507 e. The lowest BCUT2D eigenvalue weighted by Crippen LogP contribution is -2.46. The molecule has 3 aromatic rings. The molecule has 2 N–H and O–H groups in total. The number of sulfonamides is 1. The van der Waals surface area contributed by atoms with Crippen LogP contribution >= 0.6 is 0 Å². The van der Waals surface area contributed by atoms with Crippen LogP contribution in [0.15, 0.2) is 84.0 Å². The second-order valence-corrected chi connectivity index (χ2v) is 8.80. The maximum absolute atomic E-state index is 12.6. The largest absolute Gasteiger partial charge is 0.507 e. The molecule has 8 nitrogen and oxygen atoms in total. The number of nitrogens with zero attached hydrogens (tertiary/aromatic N) is 2. The number of amides is 1. The van der Waals surface area contributed by atoms with Crippen molar-refractivity contribution in [3.63, 3.8) is 0 Å². The predicted molar refractivity (Wildman–Crippen MR) is 124 cm³/mol. The van der Waals surface area contributed by atoms with E-state index in [1.807, 2.05) is 18.2 Å². The Morgan fingerprint density at radius 3 is 2.22 bits per heavy atom. The van der Waals surface area contributed by atoms with E-state index < -0.39 is 22.0 Å². The molecule has 0 saturated carbocycles. The first-order chi connectivity index (χ1) is 15.3. The predicted octanol–water partition coefficient (Wildman–Crippen LogP) is 3.49. The summed E-state index contributed by atoms with van der Waals surface area (Å²) in [4.78, 5) is 12.6. The Labute approximate surface area is 186 Å². The van der Waals surface area contributed by atoms with E-state index in [1.165, 1.54) is 19.2 Å². The van der Waals surface area contributed by atoms with Crippen LogP contribution in [0.1, 0.15) is 12.5 Å². The number of carbonyl (C=O) groups is 1. The van der Waals surface area contributed by atoms with Gasteiger partial charge >= 0.3 is 0 Å². The van der Waals surface area contributed by atoms with Gasteiger partial charge in [-0.1, -0.05) is 30.3 Å². The number of ether oxygens (including phenoxy) is 1. The maximum atomic E-state index is 12.6. The second kappa shape index (κ2) is 9.97. The summed E-state index contributed by atoms with van der Waals surface area (Å²) in [6.45, 7) is 1.46. The smallest absolute Gasteiger partial charge is 0.263 e. The minimum atomic E-state index is -3.78. The van der Waals surface area contributed by atoms with Crippen molar-refractivity contribution in [3.05, 3.63) is 84.4 Å². The summed E-state index contributed by atoms with van der Waals surface area (Å²) >= 11 is 0. The number of phenols is 1. The molecule has 0 aromatic heterocycles. The van der Waals surface area contributed by atoms with Gasteiger partial charge in [-0.15, -0.1) is 0 Å². The van der Waals surface area contributed by atoms with Crippen LogP contribution in [0.3, 0.4) is 0 Å². The third-order valence-electron chi connectivity index (χ3n) is 4.47. The van der Waals surface area contributed by atoms with Gasteiger partial charge in [0.05, 0.1) is 18.2 Å². The van der Waals surface area contributed by atoms with E-state index in [1.54, 1.807) is 54.6 Å². The summed E-state index contributed by atoms with van der Waals surface area (Å²) in [6.07, 6.45) is 2.30. The second-order valence-electron chi connectivity index (χ2n) is 6.94. The number of hydrogen-bond donors (Lipinski definition) is 2. The van der Waals surface area contributed by atoms with E-state index >= 15 is 0 Å². The lowest BCUT2D eigenvalue weighted by atomic mass is 10.2. The summed E-state index contributed by atoms with van der Waals surface area (Å²) < 4.78 is 31.6. The van der Waals surface area contributed by atoms with Crippen molar-refractivity contribution < 1.29 is 23.1 Å². The highest BCUT2D eigenvalue weighted by molar-refractivity contribution is 7.92. The zero-order valence-electron chi connectivity index (χ0n) is 17.5. The van der Waals surface area contributed by atoms with Crippen LogP contribution in [0.2, 0.25) is 0 Å². The van der Waals surface area contributed by atoms with Gasteiger partial charge in [0, 0.05) is 5.56 Å². The Kier molecular flexibility index (Phi) is 7.11. The van der Waals surface area contributed by atoms with Crippen LogP contribution in [0.4, 0.5) is 5.69 Å². The molecule has 9 heteroatoms. The highest BCUT2D eigenvalue weighted by atomic mass is 32.2. The van der Waals surface area contributed by atoms with Crippen LogP contribution in [-0.4, -0.2) is 37.9 Å². The van der Waals surface area contributed by atoms with Gasteiger partial charge in [0.2, 0.25) is 10.0 Å². The van der Waals surface area contributed by atoms with Crippen molar-refractivity contribution in [2.24, 2.45) is 5.10 Å². The van der Waals surface area contributed by atoms with Gasteiger partial charge in [-0.2, -0.15) is 5.10 Å². The van der Waals surface area contributed by atoms with Crippen LogP contribution in [-0.2, 0) is 14.8 Å². The third kappa shape index (κ3) is 5.86. The molecule has 3 aromatic carbocycles. The number of hydrazone groups is 1. The molecule has 0 aliphatic carbocycles. The topological polar surface area (TPSA) is 108 Å². The highest BCUT2D eigenvalue weighted by Gasteiger charge is 2.29. The van der Waals surface area contributed by atoms with E-state index in [2.05, 4.69) is 10.5 Å². The van der Waals surface area contributed by atoms with Gasteiger partial charge in [0.15, 0.2) is 0 Å². The van der Waals surface area contributed by atoms with Crippen LogP contribution in [0.25, 0.3) is 0 Å². The summed E-state index contributed by atoms with van der Waals surface area (Å²) in [7, 11) is -3.78. The number of anilines is 1. The number of para-hydroxylation sites is 2.